The highest BCUT2D eigenvalue weighted by Crippen LogP contribution is 2.32. The van der Waals surface area contributed by atoms with Crippen molar-refractivity contribution >= 4 is 5.96 Å². The van der Waals surface area contributed by atoms with Crippen molar-refractivity contribution in [2.24, 2.45) is 16.6 Å². The van der Waals surface area contributed by atoms with Crippen LogP contribution in [-0.2, 0) is 0 Å². The van der Waals surface area contributed by atoms with Crippen LogP contribution in [-0.4, -0.2) is 18.0 Å². The summed E-state index contributed by atoms with van der Waals surface area (Å²) in [6.07, 6.45) is 7.79. The second kappa shape index (κ2) is 4.20. The van der Waals surface area contributed by atoms with E-state index in [4.69, 9.17) is 5.73 Å². The van der Waals surface area contributed by atoms with Crippen LogP contribution in [0.4, 0.5) is 0 Å². The molecule has 2 aliphatic carbocycles. The standard InChI is InChI=1S/C11H21N3/c1-8(9-6-7-9)13-11(12)14-10-4-2-3-5-10/h8-10H,2-7H2,1H3,(H3,12,13,14). The van der Waals surface area contributed by atoms with Crippen molar-refractivity contribution in [3.8, 4) is 0 Å². The van der Waals surface area contributed by atoms with E-state index >= 15 is 0 Å². The smallest absolute Gasteiger partial charge is 0.189 e. The Morgan fingerprint density at radius 3 is 2.50 bits per heavy atom. The molecule has 2 saturated carbocycles. The largest absolute Gasteiger partial charge is 0.370 e. The normalized spacial score (nSPS) is 26.5. The molecular weight excluding hydrogens is 174 g/mol. The van der Waals surface area contributed by atoms with E-state index in [0.29, 0.717) is 18.0 Å². The topological polar surface area (TPSA) is 50.4 Å². The second-order valence-corrected chi connectivity index (χ2v) is 4.72. The lowest BCUT2D eigenvalue weighted by molar-refractivity contribution is 0.578. The van der Waals surface area contributed by atoms with Crippen molar-refractivity contribution < 1.29 is 0 Å². The maximum atomic E-state index is 5.86. The van der Waals surface area contributed by atoms with Crippen LogP contribution >= 0.6 is 0 Å². The van der Waals surface area contributed by atoms with Crippen molar-refractivity contribution in [1.29, 1.82) is 0 Å². The Labute approximate surface area is 86.2 Å². The minimum absolute atomic E-state index is 0.494. The van der Waals surface area contributed by atoms with E-state index in [9.17, 15) is 0 Å². The molecule has 3 N–H and O–H groups in total. The molecule has 2 rings (SSSR count). The zero-order chi connectivity index (χ0) is 9.97. The molecule has 3 nitrogen and oxygen atoms in total. The van der Waals surface area contributed by atoms with E-state index in [1.807, 2.05) is 0 Å². The van der Waals surface area contributed by atoms with Gasteiger partial charge >= 0.3 is 0 Å². The van der Waals surface area contributed by atoms with Gasteiger partial charge < -0.3 is 11.1 Å². The fourth-order valence-corrected chi connectivity index (χ4v) is 2.21. The summed E-state index contributed by atoms with van der Waals surface area (Å²) in [7, 11) is 0. The van der Waals surface area contributed by atoms with Gasteiger partial charge in [-0.3, -0.25) is 4.99 Å². The van der Waals surface area contributed by atoms with E-state index < -0.39 is 0 Å². The Bertz CT molecular complexity index is 215. The molecule has 2 fully saturated rings. The van der Waals surface area contributed by atoms with E-state index in [1.54, 1.807) is 0 Å². The molecule has 0 aliphatic heterocycles. The van der Waals surface area contributed by atoms with Gasteiger partial charge in [-0.25, -0.2) is 0 Å². The highest BCUT2D eigenvalue weighted by atomic mass is 15.1. The predicted molar refractivity (Wildman–Crippen MR) is 59.2 cm³/mol. The fraction of sp³-hybridized carbons (Fsp3) is 0.909. The molecule has 1 atom stereocenters. The first kappa shape index (κ1) is 9.81. The molecule has 0 saturated heterocycles. The van der Waals surface area contributed by atoms with E-state index in [2.05, 4.69) is 17.2 Å². The third-order valence-electron chi connectivity index (χ3n) is 3.35. The summed E-state index contributed by atoms with van der Waals surface area (Å²) < 4.78 is 0. The van der Waals surface area contributed by atoms with Gasteiger partial charge in [-0.15, -0.1) is 0 Å². The van der Waals surface area contributed by atoms with Crippen molar-refractivity contribution in [2.45, 2.75) is 57.5 Å². The van der Waals surface area contributed by atoms with Gasteiger partial charge in [0.25, 0.3) is 0 Å². The highest BCUT2D eigenvalue weighted by Gasteiger charge is 2.28. The van der Waals surface area contributed by atoms with Crippen LogP contribution in [0.3, 0.4) is 0 Å². The molecule has 0 aromatic rings. The van der Waals surface area contributed by atoms with Crippen LogP contribution in [0.25, 0.3) is 0 Å². The summed E-state index contributed by atoms with van der Waals surface area (Å²) in [4.78, 5) is 4.51. The van der Waals surface area contributed by atoms with Crippen LogP contribution in [0.15, 0.2) is 4.99 Å². The van der Waals surface area contributed by atoms with Gasteiger partial charge in [0.2, 0.25) is 0 Å². The maximum absolute atomic E-state index is 5.86. The van der Waals surface area contributed by atoms with Crippen LogP contribution < -0.4 is 11.1 Å². The molecule has 0 amide bonds. The maximum Gasteiger partial charge on any atom is 0.189 e. The number of hydrogen-bond donors (Lipinski definition) is 2. The zero-order valence-corrected chi connectivity index (χ0v) is 9.00. The molecule has 2 aliphatic rings. The predicted octanol–water partition coefficient (Wildman–Crippen LogP) is 1.63. The van der Waals surface area contributed by atoms with E-state index in [0.717, 1.165) is 5.92 Å². The quantitative estimate of drug-likeness (QED) is 0.531. The Morgan fingerprint density at radius 1 is 1.29 bits per heavy atom. The van der Waals surface area contributed by atoms with Crippen LogP contribution in [0.2, 0.25) is 0 Å². The summed E-state index contributed by atoms with van der Waals surface area (Å²) in [5, 5.41) is 3.30. The van der Waals surface area contributed by atoms with Gasteiger partial charge in [-0.2, -0.15) is 0 Å². The highest BCUT2D eigenvalue weighted by molar-refractivity contribution is 5.78. The molecule has 0 aromatic heterocycles. The SMILES string of the molecule is CC(NC(N)=NC1CCCC1)C1CC1. The number of rotatable bonds is 3. The average molecular weight is 195 g/mol. The average Bonchev–Trinajstić information content (AvgIpc) is 2.87. The van der Waals surface area contributed by atoms with Gasteiger partial charge in [0, 0.05) is 6.04 Å². The molecule has 0 radical (unpaired) electrons. The monoisotopic (exact) mass is 195 g/mol. The Kier molecular flexibility index (Phi) is 2.94. The number of nitrogens with zero attached hydrogens (tertiary/aromatic N) is 1. The Hall–Kier alpha value is -0.730. The molecule has 0 bridgehead atoms. The van der Waals surface area contributed by atoms with Gasteiger partial charge in [-0.1, -0.05) is 12.8 Å². The van der Waals surface area contributed by atoms with Crippen LogP contribution in [0.1, 0.15) is 45.4 Å². The van der Waals surface area contributed by atoms with Gasteiger partial charge in [0.15, 0.2) is 5.96 Å². The second-order valence-electron chi connectivity index (χ2n) is 4.72. The van der Waals surface area contributed by atoms with E-state index in [1.165, 1.54) is 38.5 Å². The van der Waals surface area contributed by atoms with Crippen molar-refractivity contribution in [3.05, 3.63) is 0 Å². The Morgan fingerprint density at radius 2 is 1.93 bits per heavy atom. The molecule has 1 unspecified atom stereocenters. The van der Waals surface area contributed by atoms with Crippen molar-refractivity contribution in [2.75, 3.05) is 0 Å². The summed E-state index contributed by atoms with van der Waals surface area (Å²) in [5.41, 5.74) is 5.86. The summed E-state index contributed by atoms with van der Waals surface area (Å²) >= 11 is 0. The van der Waals surface area contributed by atoms with Crippen LogP contribution in [0, 0.1) is 5.92 Å². The lowest BCUT2D eigenvalue weighted by Gasteiger charge is -2.14. The molecular formula is C11H21N3. The van der Waals surface area contributed by atoms with Gasteiger partial charge in [0.05, 0.1) is 6.04 Å². The fourth-order valence-electron chi connectivity index (χ4n) is 2.21. The number of aliphatic imine (C=N–C) groups is 1. The molecule has 3 heteroatoms. The molecule has 80 valence electrons. The lowest BCUT2D eigenvalue weighted by Crippen LogP contribution is -2.40. The molecule has 14 heavy (non-hydrogen) atoms. The number of hydrogen-bond acceptors (Lipinski definition) is 1. The number of nitrogens with two attached hydrogens (primary N) is 1. The molecule has 0 spiro atoms. The lowest BCUT2D eigenvalue weighted by atomic mass is 10.2. The number of nitrogens with one attached hydrogen (secondary N) is 1. The summed E-state index contributed by atoms with van der Waals surface area (Å²) in [6.45, 7) is 2.20. The van der Waals surface area contributed by atoms with E-state index in [-0.39, 0.29) is 0 Å². The third-order valence-corrected chi connectivity index (χ3v) is 3.35. The molecule has 0 aromatic carbocycles. The minimum Gasteiger partial charge on any atom is -0.370 e. The summed E-state index contributed by atoms with van der Waals surface area (Å²) in [5.74, 6) is 1.50. The summed E-state index contributed by atoms with van der Waals surface area (Å²) in [6, 6.07) is 1.01. The van der Waals surface area contributed by atoms with Crippen molar-refractivity contribution in [3.63, 3.8) is 0 Å². The molecule has 0 heterocycles. The first-order valence-electron chi connectivity index (χ1n) is 5.85. The zero-order valence-electron chi connectivity index (χ0n) is 9.00. The third kappa shape index (κ3) is 2.63. The Balaban J connectivity index is 1.77. The van der Waals surface area contributed by atoms with Crippen molar-refractivity contribution in [1.82, 2.24) is 5.32 Å². The van der Waals surface area contributed by atoms with Gasteiger partial charge in [0.1, 0.15) is 0 Å². The first-order chi connectivity index (χ1) is 6.75. The first-order valence-corrected chi connectivity index (χ1v) is 5.85. The van der Waals surface area contributed by atoms with Crippen LogP contribution in [0.5, 0.6) is 0 Å². The number of guanidine groups is 1. The minimum atomic E-state index is 0.494. The van der Waals surface area contributed by atoms with Gasteiger partial charge in [-0.05, 0) is 38.5 Å².